The Morgan fingerprint density at radius 2 is 2.12 bits per heavy atom. The smallest absolute Gasteiger partial charge is 0.229 e. The fraction of sp³-hybridized carbons (Fsp3) is 0.368. The zero-order chi connectivity index (χ0) is 17.8. The van der Waals surface area contributed by atoms with Crippen LogP contribution in [0.1, 0.15) is 18.5 Å². The molecule has 0 aliphatic heterocycles. The number of methoxy groups -OCH3 is 2. The molecule has 1 fully saturated rings. The molecule has 0 unspecified atom stereocenters. The van der Waals surface area contributed by atoms with Gasteiger partial charge in [-0.2, -0.15) is 0 Å². The summed E-state index contributed by atoms with van der Waals surface area (Å²) >= 11 is 1.53. The standard InChI is InChI=1S/C19H22N2O3S/c1-4-9-21(15-6-7-15)18(22)11-14-12-25-19(20-14)13-5-8-16(23-2)17(10-13)24-3/h4-5,8,10,12,15H,1,6-7,9,11H2,2-3H3. The Morgan fingerprint density at radius 1 is 1.36 bits per heavy atom. The van der Waals surface area contributed by atoms with Gasteiger partial charge in [-0.25, -0.2) is 4.98 Å². The van der Waals surface area contributed by atoms with Gasteiger partial charge in [-0.3, -0.25) is 4.79 Å². The number of hydrogen-bond donors (Lipinski definition) is 0. The van der Waals surface area contributed by atoms with E-state index in [1.807, 2.05) is 28.5 Å². The van der Waals surface area contributed by atoms with E-state index in [4.69, 9.17) is 9.47 Å². The minimum absolute atomic E-state index is 0.117. The fourth-order valence-corrected chi connectivity index (χ4v) is 3.54. The first kappa shape index (κ1) is 17.5. The van der Waals surface area contributed by atoms with E-state index in [0.29, 0.717) is 30.5 Å². The second kappa shape index (κ2) is 7.70. The predicted octanol–water partition coefficient (Wildman–Crippen LogP) is 3.55. The molecule has 132 valence electrons. The molecule has 1 aromatic carbocycles. The first-order chi connectivity index (χ1) is 12.2. The third-order valence-corrected chi connectivity index (χ3v) is 5.09. The Balaban J connectivity index is 1.74. The van der Waals surface area contributed by atoms with Crippen LogP contribution < -0.4 is 9.47 Å². The van der Waals surface area contributed by atoms with Gasteiger partial charge in [0.05, 0.1) is 26.3 Å². The molecule has 1 amide bonds. The first-order valence-electron chi connectivity index (χ1n) is 8.23. The second-order valence-corrected chi connectivity index (χ2v) is 6.81. The summed E-state index contributed by atoms with van der Waals surface area (Å²) in [5, 5.41) is 2.81. The zero-order valence-corrected chi connectivity index (χ0v) is 15.3. The van der Waals surface area contributed by atoms with E-state index in [0.717, 1.165) is 29.1 Å². The summed E-state index contributed by atoms with van der Waals surface area (Å²) in [6, 6.07) is 6.09. The Kier molecular flexibility index (Phi) is 5.38. The average molecular weight is 358 g/mol. The maximum atomic E-state index is 12.5. The topological polar surface area (TPSA) is 51.7 Å². The average Bonchev–Trinajstić information content (AvgIpc) is 3.37. The third-order valence-electron chi connectivity index (χ3n) is 4.15. The fourth-order valence-electron chi connectivity index (χ4n) is 2.73. The normalized spacial score (nSPS) is 13.4. The number of carbonyl (C=O) groups excluding carboxylic acids is 1. The van der Waals surface area contributed by atoms with Gasteiger partial charge in [0.1, 0.15) is 5.01 Å². The summed E-state index contributed by atoms with van der Waals surface area (Å²) in [5.41, 5.74) is 1.75. The lowest BCUT2D eigenvalue weighted by atomic mass is 10.2. The summed E-state index contributed by atoms with van der Waals surface area (Å²) < 4.78 is 10.6. The van der Waals surface area contributed by atoms with Gasteiger partial charge < -0.3 is 14.4 Å². The van der Waals surface area contributed by atoms with Crippen molar-refractivity contribution < 1.29 is 14.3 Å². The summed E-state index contributed by atoms with van der Waals surface area (Å²) in [6.07, 6.45) is 4.29. The van der Waals surface area contributed by atoms with Crippen molar-refractivity contribution in [3.05, 3.63) is 41.9 Å². The molecule has 2 aromatic rings. The van der Waals surface area contributed by atoms with Crippen LogP contribution in [0.3, 0.4) is 0 Å². The molecular formula is C19H22N2O3S. The number of benzene rings is 1. The number of ether oxygens (including phenoxy) is 2. The number of rotatable bonds is 8. The van der Waals surface area contributed by atoms with E-state index in [1.165, 1.54) is 11.3 Å². The Morgan fingerprint density at radius 3 is 2.76 bits per heavy atom. The second-order valence-electron chi connectivity index (χ2n) is 5.96. The molecule has 0 saturated heterocycles. The van der Waals surface area contributed by atoms with Crippen LogP contribution in [0.4, 0.5) is 0 Å². The molecule has 0 radical (unpaired) electrons. The van der Waals surface area contributed by atoms with Crippen LogP contribution in [0.2, 0.25) is 0 Å². The summed E-state index contributed by atoms with van der Waals surface area (Å²) in [4.78, 5) is 19.0. The molecule has 0 atom stereocenters. The molecule has 3 rings (SSSR count). The van der Waals surface area contributed by atoms with Crippen LogP contribution in [-0.2, 0) is 11.2 Å². The summed E-state index contributed by atoms with van der Waals surface area (Å²) in [5.74, 6) is 1.47. The van der Waals surface area contributed by atoms with E-state index < -0.39 is 0 Å². The number of thiazole rings is 1. The number of carbonyl (C=O) groups is 1. The van der Waals surface area contributed by atoms with Crippen molar-refractivity contribution in [1.29, 1.82) is 0 Å². The lowest BCUT2D eigenvalue weighted by Crippen LogP contribution is -2.34. The van der Waals surface area contributed by atoms with Gasteiger partial charge in [-0.1, -0.05) is 6.08 Å². The van der Waals surface area contributed by atoms with Crippen LogP contribution in [0.15, 0.2) is 36.2 Å². The Bertz CT molecular complexity index is 768. The van der Waals surface area contributed by atoms with Gasteiger partial charge in [-0.05, 0) is 31.0 Å². The van der Waals surface area contributed by atoms with E-state index in [2.05, 4.69) is 11.6 Å². The number of nitrogens with zero attached hydrogens (tertiary/aromatic N) is 2. The monoisotopic (exact) mass is 358 g/mol. The van der Waals surface area contributed by atoms with Crippen LogP contribution in [0, 0.1) is 0 Å². The lowest BCUT2D eigenvalue weighted by molar-refractivity contribution is -0.130. The van der Waals surface area contributed by atoms with Crippen LogP contribution in [-0.4, -0.2) is 42.6 Å². The first-order valence-corrected chi connectivity index (χ1v) is 9.11. The van der Waals surface area contributed by atoms with Crippen molar-refractivity contribution in [2.75, 3.05) is 20.8 Å². The van der Waals surface area contributed by atoms with Gasteiger partial charge in [-0.15, -0.1) is 17.9 Å². The summed E-state index contributed by atoms with van der Waals surface area (Å²) in [6.45, 7) is 4.35. The van der Waals surface area contributed by atoms with Gasteiger partial charge >= 0.3 is 0 Å². The lowest BCUT2D eigenvalue weighted by Gasteiger charge is -2.20. The number of amides is 1. The van der Waals surface area contributed by atoms with E-state index in [-0.39, 0.29) is 5.91 Å². The largest absolute Gasteiger partial charge is 0.493 e. The maximum absolute atomic E-state index is 12.5. The molecule has 0 N–H and O–H groups in total. The van der Waals surface area contributed by atoms with Crippen LogP contribution in [0.5, 0.6) is 11.5 Å². The molecular weight excluding hydrogens is 336 g/mol. The minimum atomic E-state index is 0.117. The molecule has 1 heterocycles. The number of hydrogen-bond acceptors (Lipinski definition) is 5. The van der Waals surface area contributed by atoms with Crippen molar-refractivity contribution in [1.82, 2.24) is 9.88 Å². The van der Waals surface area contributed by atoms with Crippen molar-refractivity contribution in [3.8, 4) is 22.1 Å². The van der Waals surface area contributed by atoms with Gasteiger partial charge in [0.25, 0.3) is 0 Å². The molecule has 0 spiro atoms. The molecule has 5 nitrogen and oxygen atoms in total. The van der Waals surface area contributed by atoms with Crippen molar-refractivity contribution in [3.63, 3.8) is 0 Å². The van der Waals surface area contributed by atoms with Crippen molar-refractivity contribution >= 4 is 17.2 Å². The third kappa shape index (κ3) is 4.02. The van der Waals surface area contributed by atoms with Crippen LogP contribution >= 0.6 is 11.3 Å². The molecule has 6 heteroatoms. The SMILES string of the molecule is C=CCN(C(=O)Cc1csc(-c2ccc(OC)c(OC)c2)n1)C1CC1. The minimum Gasteiger partial charge on any atom is -0.493 e. The highest BCUT2D eigenvalue weighted by Crippen LogP contribution is 2.34. The molecule has 25 heavy (non-hydrogen) atoms. The van der Waals surface area contributed by atoms with Gasteiger partial charge in [0.15, 0.2) is 11.5 Å². The van der Waals surface area contributed by atoms with Gasteiger partial charge in [0, 0.05) is 23.5 Å². The highest BCUT2D eigenvalue weighted by molar-refractivity contribution is 7.13. The number of aromatic nitrogens is 1. The summed E-state index contributed by atoms with van der Waals surface area (Å²) in [7, 11) is 3.22. The van der Waals surface area contributed by atoms with Crippen molar-refractivity contribution in [2.24, 2.45) is 0 Å². The molecule has 1 aliphatic carbocycles. The Hall–Kier alpha value is -2.34. The zero-order valence-electron chi connectivity index (χ0n) is 14.5. The molecule has 1 aliphatic rings. The molecule has 0 bridgehead atoms. The highest BCUT2D eigenvalue weighted by atomic mass is 32.1. The molecule has 1 aromatic heterocycles. The van der Waals surface area contributed by atoms with Crippen molar-refractivity contribution in [2.45, 2.75) is 25.3 Å². The highest BCUT2D eigenvalue weighted by Gasteiger charge is 2.31. The van der Waals surface area contributed by atoms with E-state index in [9.17, 15) is 4.79 Å². The predicted molar refractivity (Wildman–Crippen MR) is 99.3 cm³/mol. The Labute approximate surface area is 151 Å². The van der Waals surface area contributed by atoms with E-state index in [1.54, 1.807) is 20.3 Å². The van der Waals surface area contributed by atoms with Crippen LogP contribution in [0.25, 0.3) is 10.6 Å². The van der Waals surface area contributed by atoms with Gasteiger partial charge in [0.2, 0.25) is 5.91 Å². The maximum Gasteiger partial charge on any atom is 0.229 e. The molecule has 1 saturated carbocycles. The quantitative estimate of drug-likeness (QED) is 0.677. The van der Waals surface area contributed by atoms with E-state index >= 15 is 0 Å².